The first kappa shape index (κ1) is 21.8. The monoisotopic (exact) mass is 289 g/mol. The van der Waals surface area contributed by atoms with Gasteiger partial charge < -0.3 is 5.48 Å². The Bertz CT molecular complexity index is 338. The zero-order valence-electron chi connectivity index (χ0n) is 12.9. The van der Waals surface area contributed by atoms with Crippen molar-refractivity contribution >= 4 is 11.4 Å². The van der Waals surface area contributed by atoms with E-state index in [2.05, 4.69) is 37.9 Å². The molecule has 0 aromatic heterocycles. The van der Waals surface area contributed by atoms with Crippen LogP contribution in [0, 0.1) is 5.92 Å². The third-order valence-corrected chi connectivity index (χ3v) is 3.26. The Labute approximate surface area is 162 Å². The number of benzene rings is 1. The number of hydrogen-bond acceptors (Lipinski definition) is 2. The molecule has 1 fully saturated rings. The molecule has 0 atom stereocenters. The molecule has 0 amide bonds. The number of para-hydroxylation sites is 1. The summed E-state index contributed by atoms with van der Waals surface area (Å²) in [7, 11) is 0. The van der Waals surface area contributed by atoms with Gasteiger partial charge in [0.1, 0.15) is 0 Å². The Morgan fingerprint density at radius 2 is 1.68 bits per heavy atom. The SMILES string of the molecule is CC(=Nc1ccccc1)C1CCC1.CCCC.[HH].[K+].[OH-]. The van der Waals surface area contributed by atoms with Crippen molar-refractivity contribution in [2.75, 3.05) is 0 Å². The maximum atomic E-state index is 4.60. The zero-order valence-corrected chi connectivity index (χ0v) is 16.0. The van der Waals surface area contributed by atoms with Crippen LogP contribution in [0.2, 0.25) is 0 Å². The molecule has 0 heterocycles. The van der Waals surface area contributed by atoms with Gasteiger partial charge in [-0.15, -0.1) is 0 Å². The summed E-state index contributed by atoms with van der Waals surface area (Å²) in [5.41, 5.74) is 2.39. The van der Waals surface area contributed by atoms with Crippen molar-refractivity contribution in [2.24, 2.45) is 10.9 Å². The molecule has 0 aliphatic heterocycles. The van der Waals surface area contributed by atoms with Crippen LogP contribution in [0.25, 0.3) is 0 Å². The molecular weight excluding hydrogens is 261 g/mol. The third-order valence-electron chi connectivity index (χ3n) is 3.26. The van der Waals surface area contributed by atoms with E-state index in [-0.39, 0.29) is 58.3 Å². The number of hydrogen-bond donors (Lipinski definition) is 0. The van der Waals surface area contributed by atoms with Crippen LogP contribution >= 0.6 is 0 Å². The molecule has 0 unspecified atom stereocenters. The van der Waals surface area contributed by atoms with Gasteiger partial charge in [0.25, 0.3) is 0 Å². The summed E-state index contributed by atoms with van der Waals surface area (Å²) < 4.78 is 0. The van der Waals surface area contributed by atoms with Crippen LogP contribution in [0.5, 0.6) is 0 Å². The van der Waals surface area contributed by atoms with Crippen LogP contribution in [0.15, 0.2) is 35.3 Å². The quantitative estimate of drug-likeness (QED) is 0.622. The van der Waals surface area contributed by atoms with Crippen LogP contribution in [-0.2, 0) is 0 Å². The second kappa shape index (κ2) is 13.5. The van der Waals surface area contributed by atoms with Crippen molar-refractivity contribution in [2.45, 2.75) is 52.9 Å². The van der Waals surface area contributed by atoms with E-state index in [9.17, 15) is 0 Å². The van der Waals surface area contributed by atoms with E-state index in [0.717, 1.165) is 11.6 Å². The fraction of sp³-hybridized carbons (Fsp3) is 0.562. The Morgan fingerprint density at radius 1 is 1.16 bits per heavy atom. The Hall–Kier alpha value is 0.486. The normalized spacial score (nSPS) is 14.2. The second-order valence-corrected chi connectivity index (χ2v) is 4.72. The van der Waals surface area contributed by atoms with E-state index >= 15 is 0 Å². The van der Waals surface area contributed by atoms with Crippen LogP contribution in [0.4, 0.5) is 5.69 Å². The molecule has 0 bridgehead atoms. The minimum atomic E-state index is 0. The molecule has 2 rings (SSSR count). The van der Waals surface area contributed by atoms with Gasteiger partial charge in [0.2, 0.25) is 0 Å². The summed E-state index contributed by atoms with van der Waals surface area (Å²) in [5.74, 6) is 0.764. The Kier molecular flexibility index (Phi) is 15.4. The standard InChI is InChI=1S/C12H15N.C4H10.K.H2O.H2/c1-10(11-6-5-7-11)13-12-8-3-2-4-9-12;1-3-4-2;;;/h2-4,8-9,11H,5-7H2,1H3;3-4H2,1-2H3;;1H2;1H/q;;+1;;/p-1. The molecule has 2 nitrogen and oxygen atoms in total. The molecule has 1 aromatic rings. The van der Waals surface area contributed by atoms with E-state index in [1.54, 1.807) is 0 Å². The van der Waals surface area contributed by atoms with Gasteiger partial charge in [-0.2, -0.15) is 0 Å². The van der Waals surface area contributed by atoms with Crippen LogP contribution in [0.3, 0.4) is 0 Å². The molecule has 0 saturated heterocycles. The summed E-state index contributed by atoms with van der Waals surface area (Å²) in [6.45, 7) is 6.51. The van der Waals surface area contributed by atoms with Gasteiger partial charge in [0.05, 0.1) is 5.69 Å². The van der Waals surface area contributed by atoms with E-state index in [0.29, 0.717) is 0 Å². The molecule has 1 aliphatic rings. The van der Waals surface area contributed by atoms with Crippen molar-refractivity contribution < 1.29 is 58.3 Å². The Balaban J connectivity index is -0.000000372. The van der Waals surface area contributed by atoms with Crippen LogP contribution in [0.1, 0.15) is 54.3 Å². The molecule has 19 heavy (non-hydrogen) atoms. The maximum Gasteiger partial charge on any atom is 1.00 e. The van der Waals surface area contributed by atoms with Crippen molar-refractivity contribution in [1.29, 1.82) is 0 Å². The number of aliphatic imine (C=N–C) groups is 1. The summed E-state index contributed by atoms with van der Waals surface area (Å²) in [4.78, 5) is 4.60. The summed E-state index contributed by atoms with van der Waals surface area (Å²) >= 11 is 0. The van der Waals surface area contributed by atoms with Crippen molar-refractivity contribution in [3.05, 3.63) is 30.3 Å². The van der Waals surface area contributed by atoms with Crippen molar-refractivity contribution in [1.82, 2.24) is 0 Å². The first-order valence-corrected chi connectivity index (χ1v) is 6.88. The summed E-state index contributed by atoms with van der Waals surface area (Å²) in [6.07, 6.45) is 6.69. The molecule has 1 aromatic carbocycles. The average Bonchev–Trinajstić information content (AvgIpc) is 2.28. The molecule has 1 saturated carbocycles. The van der Waals surface area contributed by atoms with Crippen LogP contribution < -0.4 is 51.4 Å². The van der Waals surface area contributed by atoms with Crippen LogP contribution in [-0.4, -0.2) is 11.2 Å². The topological polar surface area (TPSA) is 42.4 Å². The van der Waals surface area contributed by atoms with Gasteiger partial charge in [-0.3, -0.25) is 4.99 Å². The molecule has 3 heteroatoms. The predicted octanol–water partition coefficient (Wildman–Crippen LogP) is 2.46. The zero-order chi connectivity index (χ0) is 12.5. The van der Waals surface area contributed by atoms with E-state index in [1.165, 1.54) is 37.8 Å². The van der Waals surface area contributed by atoms with E-state index in [4.69, 9.17) is 0 Å². The van der Waals surface area contributed by atoms with Crippen molar-refractivity contribution in [3.63, 3.8) is 0 Å². The Morgan fingerprint density at radius 3 is 2.05 bits per heavy atom. The summed E-state index contributed by atoms with van der Waals surface area (Å²) in [6, 6.07) is 10.2. The van der Waals surface area contributed by atoms with E-state index < -0.39 is 0 Å². The molecule has 104 valence electrons. The molecular formula is C16H28KNO. The first-order valence-electron chi connectivity index (χ1n) is 6.88. The minimum Gasteiger partial charge on any atom is -0.870 e. The maximum absolute atomic E-state index is 4.60. The first-order chi connectivity index (χ1) is 8.27. The van der Waals surface area contributed by atoms with Gasteiger partial charge in [-0.05, 0) is 37.8 Å². The van der Waals surface area contributed by atoms with Gasteiger partial charge in [0, 0.05) is 7.14 Å². The van der Waals surface area contributed by atoms with Crippen molar-refractivity contribution in [3.8, 4) is 0 Å². The van der Waals surface area contributed by atoms with Gasteiger partial charge in [0.15, 0.2) is 0 Å². The smallest absolute Gasteiger partial charge is 0.870 e. The molecule has 1 aliphatic carbocycles. The largest absolute Gasteiger partial charge is 1.00 e. The minimum absolute atomic E-state index is 0. The number of nitrogens with zero attached hydrogens (tertiary/aromatic N) is 1. The fourth-order valence-corrected chi connectivity index (χ4v) is 1.62. The van der Waals surface area contributed by atoms with Gasteiger partial charge in [-0.25, -0.2) is 0 Å². The fourth-order valence-electron chi connectivity index (χ4n) is 1.62. The third kappa shape index (κ3) is 9.11. The molecule has 0 spiro atoms. The number of rotatable bonds is 3. The second-order valence-electron chi connectivity index (χ2n) is 4.72. The summed E-state index contributed by atoms with van der Waals surface area (Å²) in [5, 5.41) is 0. The van der Waals surface area contributed by atoms with E-state index in [1.807, 2.05) is 18.2 Å². The van der Waals surface area contributed by atoms with Gasteiger partial charge >= 0.3 is 51.4 Å². The molecule has 0 radical (unpaired) electrons. The number of unbranched alkanes of at least 4 members (excludes halogenated alkanes) is 1. The predicted molar refractivity (Wildman–Crippen MR) is 81.2 cm³/mol. The van der Waals surface area contributed by atoms with Gasteiger partial charge in [-0.1, -0.05) is 51.3 Å². The average molecular weight is 290 g/mol. The molecule has 1 N–H and O–H groups in total.